The summed E-state index contributed by atoms with van der Waals surface area (Å²) in [6.45, 7) is 3.69. The summed E-state index contributed by atoms with van der Waals surface area (Å²) < 4.78 is 15.8. The molecule has 4 aromatic carbocycles. The number of nitrogens with one attached hydrogen (secondary N) is 1. The maximum atomic E-state index is 13.1. The number of hydrogen-bond acceptors (Lipinski definition) is 9. The fraction of sp³-hybridized carbons (Fsp3) is 0.189. The molecule has 1 aliphatic rings. The number of carbonyl (C=O) groups excluding carboxylic acids is 3. The van der Waals surface area contributed by atoms with E-state index in [1.165, 1.54) is 6.07 Å². The van der Waals surface area contributed by atoms with E-state index in [4.69, 9.17) is 30.6 Å². The van der Waals surface area contributed by atoms with Gasteiger partial charge in [-0.15, -0.1) is 0 Å². The third-order valence-electron chi connectivity index (χ3n) is 7.32. The molecule has 1 amide bonds. The predicted octanol–water partition coefficient (Wildman–Crippen LogP) is 6.91. The number of hydrogen-bond donors (Lipinski definition) is 1. The zero-order valence-electron chi connectivity index (χ0n) is 26.5. The minimum atomic E-state index is -0.587. The molecule has 0 saturated carbocycles. The Balaban J connectivity index is 1.22. The summed E-state index contributed by atoms with van der Waals surface area (Å²) in [5, 5.41) is 6.97. The highest BCUT2D eigenvalue weighted by Crippen LogP contribution is 2.29. The Morgan fingerprint density at radius 1 is 0.854 bits per heavy atom. The first-order valence-corrected chi connectivity index (χ1v) is 15.7. The number of rotatable bonds is 14. The minimum absolute atomic E-state index is 0.0702. The molecule has 0 atom stereocenters. The average molecular weight is 668 g/mol. The molecule has 0 bridgehead atoms. The zero-order chi connectivity index (χ0) is 33.9. The molecular weight excluding hydrogens is 634 g/mol. The molecule has 0 aliphatic carbocycles. The molecule has 0 radical (unpaired) electrons. The van der Waals surface area contributed by atoms with Crippen molar-refractivity contribution < 1.29 is 33.4 Å². The average Bonchev–Trinajstić information content (AvgIpc) is 3.48. The molecule has 0 fully saturated rings. The van der Waals surface area contributed by atoms with Crippen molar-refractivity contribution in [1.82, 2.24) is 0 Å². The fourth-order valence-electron chi connectivity index (χ4n) is 4.77. The van der Waals surface area contributed by atoms with Crippen LogP contribution in [0.2, 0.25) is 5.02 Å². The van der Waals surface area contributed by atoms with Crippen molar-refractivity contribution in [2.24, 2.45) is 5.16 Å². The number of esters is 1. The number of carbonyl (C=O) groups is 3. The summed E-state index contributed by atoms with van der Waals surface area (Å²) in [5.41, 5.74) is 4.73. The lowest BCUT2D eigenvalue weighted by Gasteiger charge is -2.19. The van der Waals surface area contributed by atoms with Crippen LogP contribution in [0.4, 0.5) is 17.1 Å². The maximum absolute atomic E-state index is 13.1. The van der Waals surface area contributed by atoms with Crippen LogP contribution in [-0.4, -0.2) is 63.6 Å². The van der Waals surface area contributed by atoms with Crippen molar-refractivity contribution in [2.45, 2.75) is 6.92 Å². The highest BCUT2D eigenvalue weighted by molar-refractivity contribution is 6.36. The smallest absolute Gasteiger partial charge is 0.368 e. The Labute approximate surface area is 283 Å². The van der Waals surface area contributed by atoms with Crippen molar-refractivity contribution >= 4 is 58.3 Å². The van der Waals surface area contributed by atoms with E-state index in [0.29, 0.717) is 36.8 Å². The van der Waals surface area contributed by atoms with Crippen LogP contribution in [0.25, 0.3) is 6.08 Å². The van der Waals surface area contributed by atoms with Crippen molar-refractivity contribution in [1.29, 1.82) is 0 Å². The second kappa shape index (κ2) is 16.5. The number of amides is 1. The number of nitrogens with zero attached hydrogens (tertiary/aromatic N) is 2. The summed E-state index contributed by atoms with van der Waals surface area (Å²) in [6, 6.07) is 28.8. The lowest BCUT2D eigenvalue weighted by molar-refractivity contribution is -0.136. The molecule has 1 aliphatic heterocycles. The molecule has 4 aromatic rings. The van der Waals surface area contributed by atoms with E-state index in [1.54, 1.807) is 42.5 Å². The van der Waals surface area contributed by atoms with Gasteiger partial charge in [-0.2, -0.15) is 0 Å². The Bertz CT molecular complexity index is 1820. The van der Waals surface area contributed by atoms with Gasteiger partial charge in [0.15, 0.2) is 0 Å². The number of oxime groups is 1. The van der Waals surface area contributed by atoms with E-state index >= 15 is 0 Å². The molecule has 1 heterocycles. The molecule has 48 heavy (non-hydrogen) atoms. The van der Waals surface area contributed by atoms with Crippen LogP contribution in [0.15, 0.2) is 108 Å². The second-order valence-corrected chi connectivity index (χ2v) is 10.9. The standard InChI is InChI=1S/C37H34ClN3O7/c1-3-45-18-19-46-20-21-47-36(43)28-9-7-8-27(23-28)35(42)39-33-17-14-26(24-32(33)38)34-31(37(44)48-40-34)22-25-12-15-30(16-13-25)41(2)29-10-5-4-6-11-29/h4-17,22-24H,3,18-21H2,1-2H3,(H,39,42). The van der Waals surface area contributed by atoms with Crippen LogP contribution in [0.1, 0.15) is 38.8 Å². The number of halogens is 1. The summed E-state index contributed by atoms with van der Waals surface area (Å²) in [6.07, 6.45) is 1.71. The summed E-state index contributed by atoms with van der Waals surface area (Å²) in [4.78, 5) is 45.2. The van der Waals surface area contributed by atoms with E-state index in [1.807, 2.05) is 68.6 Å². The quantitative estimate of drug-likeness (QED) is 0.0667. The zero-order valence-corrected chi connectivity index (χ0v) is 27.2. The summed E-state index contributed by atoms with van der Waals surface area (Å²) >= 11 is 6.56. The predicted molar refractivity (Wildman–Crippen MR) is 185 cm³/mol. The van der Waals surface area contributed by atoms with Crippen molar-refractivity contribution in [3.63, 3.8) is 0 Å². The van der Waals surface area contributed by atoms with Crippen LogP contribution in [0.3, 0.4) is 0 Å². The van der Waals surface area contributed by atoms with Crippen molar-refractivity contribution in [2.75, 3.05) is 50.3 Å². The van der Waals surface area contributed by atoms with Gasteiger partial charge in [0.25, 0.3) is 5.91 Å². The lowest BCUT2D eigenvalue weighted by atomic mass is 10.00. The van der Waals surface area contributed by atoms with Crippen LogP contribution in [0, 0.1) is 0 Å². The molecule has 246 valence electrons. The molecule has 5 rings (SSSR count). The molecule has 11 heteroatoms. The van der Waals surface area contributed by atoms with E-state index in [0.717, 1.165) is 16.9 Å². The fourth-order valence-corrected chi connectivity index (χ4v) is 4.99. The van der Waals surface area contributed by atoms with E-state index < -0.39 is 17.8 Å². The van der Waals surface area contributed by atoms with E-state index in [-0.39, 0.29) is 34.9 Å². The van der Waals surface area contributed by atoms with Crippen LogP contribution in [0.5, 0.6) is 0 Å². The largest absolute Gasteiger partial charge is 0.460 e. The number of ether oxygens (including phenoxy) is 3. The van der Waals surface area contributed by atoms with Crippen molar-refractivity contribution in [3.8, 4) is 0 Å². The van der Waals surface area contributed by atoms with Gasteiger partial charge < -0.3 is 29.3 Å². The minimum Gasteiger partial charge on any atom is -0.460 e. The summed E-state index contributed by atoms with van der Waals surface area (Å²) in [7, 11) is 1.98. The van der Waals surface area contributed by atoms with Crippen LogP contribution in [-0.2, 0) is 23.8 Å². The number of anilines is 3. The van der Waals surface area contributed by atoms with Gasteiger partial charge in [0, 0.05) is 36.2 Å². The lowest BCUT2D eigenvalue weighted by Crippen LogP contribution is -2.15. The topological polar surface area (TPSA) is 116 Å². The van der Waals surface area contributed by atoms with E-state index in [2.05, 4.69) is 15.4 Å². The Hall–Kier alpha value is -5.29. The highest BCUT2D eigenvalue weighted by atomic mass is 35.5. The van der Waals surface area contributed by atoms with E-state index in [9.17, 15) is 14.4 Å². The molecule has 0 unspecified atom stereocenters. The van der Waals surface area contributed by atoms with Gasteiger partial charge in [0.05, 0.1) is 41.7 Å². The molecule has 10 nitrogen and oxygen atoms in total. The molecule has 0 spiro atoms. The molecule has 0 saturated heterocycles. The van der Waals surface area contributed by atoms with Gasteiger partial charge in [0.1, 0.15) is 12.3 Å². The highest BCUT2D eigenvalue weighted by Gasteiger charge is 2.27. The van der Waals surface area contributed by atoms with Crippen LogP contribution >= 0.6 is 11.6 Å². The maximum Gasteiger partial charge on any atom is 0.368 e. The van der Waals surface area contributed by atoms with Gasteiger partial charge >= 0.3 is 11.9 Å². The first kappa shape index (κ1) is 34.1. The third-order valence-corrected chi connectivity index (χ3v) is 7.63. The molecule has 1 N–H and O–H groups in total. The third kappa shape index (κ3) is 8.74. The second-order valence-electron chi connectivity index (χ2n) is 10.5. The van der Waals surface area contributed by atoms with Gasteiger partial charge in [-0.05, 0) is 73.2 Å². The normalized spacial score (nSPS) is 13.2. The Morgan fingerprint density at radius 3 is 2.31 bits per heavy atom. The van der Waals surface area contributed by atoms with Crippen molar-refractivity contribution in [3.05, 3.63) is 130 Å². The van der Waals surface area contributed by atoms with Gasteiger partial charge in [-0.1, -0.05) is 59.2 Å². The van der Waals surface area contributed by atoms with Crippen LogP contribution < -0.4 is 10.2 Å². The summed E-state index contributed by atoms with van der Waals surface area (Å²) in [5.74, 6) is -1.64. The Kier molecular flexibility index (Phi) is 11.7. The monoisotopic (exact) mass is 667 g/mol. The first-order valence-electron chi connectivity index (χ1n) is 15.3. The number of benzene rings is 4. The van der Waals surface area contributed by atoms with Gasteiger partial charge in [-0.3, -0.25) is 4.79 Å². The molecular formula is C37H34ClN3O7. The Morgan fingerprint density at radius 2 is 1.56 bits per heavy atom. The number of para-hydroxylation sites is 1. The SMILES string of the molecule is CCOCCOCCOC(=O)c1cccc(C(=O)Nc2ccc(C3=NOC(=O)C3=Cc3ccc(N(C)c4ccccc4)cc3)cc2Cl)c1. The van der Waals surface area contributed by atoms with Gasteiger partial charge in [-0.25, -0.2) is 9.59 Å². The first-order chi connectivity index (χ1) is 23.3. The molecule has 0 aromatic heterocycles. The van der Waals surface area contributed by atoms with Gasteiger partial charge in [0.2, 0.25) is 0 Å².